The molecule has 1 heterocycles. The van der Waals surface area contributed by atoms with Gasteiger partial charge in [-0.25, -0.2) is 0 Å². The lowest BCUT2D eigenvalue weighted by atomic mass is 9.98. The van der Waals surface area contributed by atoms with E-state index in [1.807, 2.05) is 43.3 Å². The molecule has 2 aromatic carbocycles. The zero-order valence-electron chi connectivity index (χ0n) is 15.3. The molecule has 0 saturated carbocycles. The van der Waals surface area contributed by atoms with Crippen molar-refractivity contribution in [2.75, 3.05) is 29.0 Å². The van der Waals surface area contributed by atoms with Gasteiger partial charge in [-0.05, 0) is 62.4 Å². The molecule has 0 bridgehead atoms. The van der Waals surface area contributed by atoms with Gasteiger partial charge < -0.3 is 16.0 Å². The number of nitrogens with zero attached hydrogens (tertiary/aromatic N) is 1. The lowest BCUT2D eigenvalue weighted by Gasteiger charge is -2.34. The van der Waals surface area contributed by atoms with Crippen LogP contribution in [0.3, 0.4) is 0 Å². The molecule has 0 radical (unpaired) electrons. The number of nitrogens with one attached hydrogen (secondary N) is 1. The maximum Gasteiger partial charge on any atom is 0.255 e. The Balaban J connectivity index is 1.86. The summed E-state index contributed by atoms with van der Waals surface area (Å²) in [6.07, 6.45) is 2.48. The van der Waals surface area contributed by atoms with Crippen LogP contribution in [0.15, 0.2) is 36.4 Å². The predicted molar refractivity (Wildman–Crippen MR) is 105 cm³/mol. The van der Waals surface area contributed by atoms with Gasteiger partial charge in [0.25, 0.3) is 5.91 Å². The van der Waals surface area contributed by atoms with Crippen LogP contribution in [0.4, 0.5) is 17.1 Å². The Morgan fingerprint density at radius 2 is 2.04 bits per heavy atom. The fraction of sp³-hybridized carbons (Fsp3) is 0.381. The Kier molecular flexibility index (Phi) is 4.98. The summed E-state index contributed by atoms with van der Waals surface area (Å²) in [7, 11) is 0. The van der Waals surface area contributed by atoms with Gasteiger partial charge >= 0.3 is 0 Å². The van der Waals surface area contributed by atoms with Crippen molar-refractivity contribution < 1.29 is 4.79 Å². The van der Waals surface area contributed by atoms with Crippen LogP contribution in [0.5, 0.6) is 0 Å². The highest BCUT2D eigenvalue weighted by atomic mass is 16.1. The van der Waals surface area contributed by atoms with E-state index in [2.05, 4.69) is 24.1 Å². The summed E-state index contributed by atoms with van der Waals surface area (Å²) in [5.74, 6) is 0.563. The molecular weight excluding hydrogens is 310 g/mol. The van der Waals surface area contributed by atoms with E-state index >= 15 is 0 Å². The van der Waals surface area contributed by atoms with Crippen LogP contribution in [-0.2, 0) is 0 Å². The Morgan fingerprint density at radius 1 is 1.24 bits per heavy atom. The van der Waals surface area contributed by atoms with E-state index in [4.69, 9.17) is 5.73 Å². The molecule has 25 heavy (non-hydrogen) atoms. The topological polar surface area (TPSA) is 58.4 Å². The largest absolute Gasteiger partial charge is 0.397 e. The van der Waals surface area contributed by atoms with Crippen molar-refractivity contribution in [1.29, 1.82) is 0 Å². The number of carbonyl (C=O) groups is 1. The summed E-state index contributed by atoms with van der Waals surface area (Å²) in [5.41, 5.74) is 11.5. The molecule has 4 nitrogen and oxygen atoms in total. The van der Waals surface area contributed by atoms with Gasteiger partial charge in [0.1, 0.15) is 0 Å². The van der Waals surface area contributed by atoms with Gasteiger partial charge in [-0.2, -0.15) is 0 Å². The summed E-state index contributed by atoms with van der Waals surface area (Å²) >= 11 is 0. The van der Waals surface area contributed by atoms with E-state index in [0.717, 1.165) is 24.2 Å². The van der Waals surface area contributed by atoms with Crippen molar-refractivity contribution >= 4 is 23.0 Å². The molecule has 3 N–H and O–H groups in total. The normalized spacial score (nSPS) is 17.4. The number of rotatable bonds is 3. The quantitative estimate of drug-likeness (QED) is 0.818. The van der Waals surface area contributed by atoms with Crippen molar-refractivity contribution in [3.05, 3.63) is 53.1 Å². The van der Waals surface area contributed by atoms with Gasteiger partial charge in [-0.3, -0.25) is 4.79 Å². The number of aryl methyl sites for hydroxylation is 2. The third-order valence-corrected chi connectivity index (χ3v) is 4.89. The number of hydrogen-bond acceptors (Lipinski definition) is 3. The van der Waals surface area contributed by atoms with E-state index in [-0.39, 0.29) is 5.91 Å². The number of carbonyl (C=O) groups excluding carboxylic acids is 1. The maximum absolute atomic E-state index is 12.6. The van der Waals surface area contributed by atoms with Crippen LogP contribution >= 0.6 is 0 Å². The van der Waals surface area contributed by atoms with Crippen molar-refractivity contribution in [3.8, 4) is 0 Å². The van der Waals surface area contributed by atoms with Gasteiger partial charge in [-0.15, -0.1) is 0 Å². The van der Waals surface area contributed by atoms with Gasteiger partial charge in [0.2, 0.25) is 0 Å². The molecule has 2 aromatic rings. The van der Waals surface area contributed by atoms with E-state index in [9.17, 15) is 4.79 Å². The second-order valence-electron chi connectivity index (χ2n) is 7.24. The SMILES string of the molecule is Cc1cccc(C(=O)Nc2cc(N3CCCC(C)C3)c(C)cc2N)c1. The van der Waals surface area contributed by atoms with Crippen molar-refractivity contribution in [1.82, 2.24) is 0 Å². The van der Waals surface area contributed by atoms with Gasteiger partial charge in [0.05, 0.1) is 11.4 Å². The molecule has 132 valence electrons. The van der Waals surface area contributed by atoms with Crippen LogP contribution < -0.4 is 16.0 Å². The molecule has 3 rings (SSSR count). The highest BCUT2D eigenvalue weighted by Gasteiger charge is 2.19. The third kappa shape index (κ3) is 3.95. The standard InChI is InChI=1S/C21H27N3O/c1-14-6-4-8-17(10-14)21(25)23-19-12-20(16(3)11-18(19)22)24-9-5-7-15(2)13-24/h4,6,8,10-12,15H,5,7,9,13,22H2,1-3H3,(H,23,25). The molecule has 1 aliphatic rings. The van der Waals surface area contributed by atoms with Crippen LogP contribution in [-0.4, -0.2) is 19.0 Å². The molecule has 0 aromatic heterocycles. The number of nitrogens with two attached hydrogens (primary N) is 1. The number of piperidine rings is 1. The number of benzene rings is 2. The highest BCUT2D eigenvalue weighted by molar-refractivity contribution is 6.06. The minimum atomic E-state index is -0.128. The highest BCUT2D eigenvalue weighted by Crippen LogP contribution is 2.32. The average Bonchev–Trinajstić information content (AvgIpc) is 2.57. The minimum absolute atomic E-state index is 0.128. The van der Waals surface area contributed by atoms with Crippen molar-refractivity contribution in [2.24, 2.45) is 5.92 Å². The zero-order valence-corrected chi connectivity index (χ0v) is 15.3. The number of amides is 1. The first-order chi connectivity index (χ1) is 11.9. The predicted octanol–water partition coefficient (Wildman–Crippen LogP) is 4.37. The van der Waals surface area contributed by atoms with E-state index in [0.29, 0.717) is 22.9 Å². The van der Waals surface area contributed by atoms with Crippen molar-refractivity contribution in [2.45, 2.75) is 33.6 Å². The van der Waals surface area contributed by atoms with Crippen LogP contribution in [0.1, 0.15) is 41.3 Å². The fourth-order valence-corrected chi connectivity index (χ4v) is 3.56. The fourth-order valence-electron chi connectivity index (χ4n) is 3.56. The molecular formula is C21H27N3O. The maximum atomic E-state index is 12.6. The molecule has 1 aliphatic heterocycles. The molecule has 1 atom stereocenters. The molecule has 4 heteroatoms. The Hall–Kier alpha value is -2.49. The van der Waals surface area contributed by atoms with Crippen LogP contribution in [0.2, 0.25) is 0 Å². The number of nitrogen functional groups attached to an aromatic ring is 1. The van der Waals surface area contributed by atoms with E-state index in [1.165, 1.54) is 18.5 Å². The lowest BCUT2D eigenvalue weighted by molar-refractivity contribution is 0.102. The Bertz CT molecular complexity index is 785. The first kappa shape index (κ1) is 17.3. The summed E-state index contributed by atoms with van der Waals surface area (Å²) in [4.78, 5) is 15.0. The first-order valence-electron chi connectivity index (χ1n) is 8.97. The molecule has 0 aliphatic carbocycles. The second-order valence-corrected chi connectivity index (χ2v) is 7.24. The summed E-state index contributed by atoms with van der Waals surface area (Å²) in [6, 6.07) is 11.6. The minimum Gasteiger partial charge on any atom is -0.397 e. The smallest absolute Gasteiger partial charge is 0.255 e. The molecule has 1 fully saturated rings. The van der Waals surface area contributed by atoms with Crippen LogP contribution in [0, 0.1) is 19.8 Å². The summed E-state index contributed by atoms with van der Waals surface area (Å²) in [5, 5.41) is 2.98. The number of anilines is 3. The molecule has 1 amide bonds. The van der Waals surface area contributed by atoms with E-state index in [1.54, 1.807) is 0 Å². The summed E-state index contributed by atoms with van der Waals surface area (Å²) in [6.45, 7) is 8.46. The Morgan fingerprint density at radius 3 is 2.76 bits per heavy atom. The molecule has 0 spiro atoms. The van der Waals surface area contributed by atoms with Crippen LogP contribution in [0.25, 0.3) is 0 Å². The summed E-state index contributed by atoms with van der Waals surface area (Å²) < 4.78 is 0. The zero-order chi connectivity index (χ0) is 18.0. The monoisotopic (exact) mass is 337 g/mol. The van der Waals surface area contributed by atoms with Gasteiger partial charge in [0.15, 0.2) is 0 Å². The first-order valence-corrected chi connectivity index (χ1v) is 8.97. The Labute approximate surface area is 150 Å². The molecule has 1 saturated heterocycles. The second kappa shape index (κ2) is 7.18. The van der Waals surface area contributed by atoms with Gasteiger partial charge in [0, 0.05) is 24.3 Å². The van der Waals surface area contributed by atoms with Crippen molar-refractivity contribution in [3.63, 3.8) is 0 Å². The van der Waals surface area contributed by atoms with Gasteiger partial charge in [-0.1, -0.05) is 24.6 Å². The third-order valence-electron chi connectivity index (χ3n) is 4.89. The lowest BCUT2D eigenvalue weighted by Crippen LogP contribution is -2.34. The molecule has 1 unspecified atom stereocenters. The number of hydrogen-bond donors (Lipinski definition) is 2. The van der Waals surface area contributed by atoms with E-state index < -0.39 is 0 Å². The average molecular weight is 337 g/mol.